The van der Waals surface area contributed by atoms with E-state index in [1.807, 2.05) is 6.20 Å². The van der Waals surface area contributed by atoms with E-state index in [0.29, 0.717) is 25.4 Å². The van der Waals surface area contributed by atoms with Crippen LogP contribution in [0, 0.1) is 11.8 Å². The maximum absolute atomic E-state index is 12.1. The summed E-state index contributed by atoms with van der Waals surface area (Å²) < 4.78 is 24.9. The van der Waals surface area contributed by atoms with Gasteiger partial charge in [-0.05, 0) is 30.2 Å². The first-order valence-corrected chi connectivity index (χ1v) is 9.84. The van der Waals surface area contributed by atoms with Gasteiger partial charge in [0, 0.05) is 31.7 Å². The number of H-pyrrole nitrogens is 1. The van der Waals surface area contributed by atoms with Gasteiger partial charge >= 0.3 is 0 Å². The number of aromatic nitrogens is 2. The molecule has 1 aromatic heterocycles. The van der Waals surface area contributed by atoms with Crippen molar-refractivity contribution in [3.63, 3.8) is 0 Å². The molecule has 0 bridgehead atoms. The van der Waals surface area contributed by atoms with Crippen molar-refractivity contribution in [2.75, 3.05) is 19.3 Å². The summed E-state index contributed by atoms with van der Waals surface area (Å²) in [5.41, 5.74) is 1.09. The first kappa shape index (κ1) is 17.9. The maximum atomic E-state index is 12.1. The van der Waals surface area contributed by atoms with E-state index in [9.17, 15) is 13.2 Å². The third-order valence-electron chi connectivity index (χ3n) is 4.43. The van der Waals surface area contributed by atoms with E-state index >= 15 is 0 Å². The number of hydrogen-bond acceptors (Lipinski definition) is 4. The smallest absolute Gasteiger partial charge is 0.220 e. The molecular weight excluding hydrogens is 316 g/mol. The topological polar surface area (TPSA) is 95.2 Å². The molecule has 23 heavy (non-hydrogen) atoms. The molecule has 1 aliphatic heterocycles. The van der Waals surface area contributed by atoms with Gasteiger partial charge in [-0.2, -0.15) is 9.40 Å². The normalized spacial score (nSPS) is 22.6. The number of hydrogen-bond donors (Lipinski definition) is 2. The van der Waals surface area contributed by atoms with Crippen LogP contribution in [0.25, 0.3) is 0 Å². The van der Waals surface area contributed by atoms with Crippen molar-refractivity contribution in [1.29, 1.82) is 0 Å². The first-order chi connectivity index (χ1) is 10.8. The van der Waals surface area contributed by atoms with Crippen molar-refractivity contribution < 1.29 is 13.2 Å². The van der Waals surface area contributed by atoms with Crippen LogP contribution in [0.15, 0.2) is 12.4 Å². The minimum atomic E-state index is -3.21. The van der Waals surface area contributed by atoms with Gasteiger partial charge in [-0.1, -0.05) is 13.8 Å². The lowest BCUT2D eigenvalue weighted by Gasteiger charge is -2.22. The predicted octanol–water partition coefficient (Wildman–Crippen LogP) is 0.765. The van der Waals surface area contributed by atoms with Crippen molar-refractivity contribution in [3.8, 4) is 0 Å². The Bertz CT molecular complexity index is 613. The molecule has 1 fully saturated rings. The molecule has 0 spiro atoms. The number of aromatic amines is 1. The van der Waals surface area contributed by atoms with E-state index in [0.717, 1.165) is 18.4 Å². The first-order valence-electron chi connectivity index (χ1n) is 7.99. The quantitative estimate of drug-likeness (QED) is 0.765. The van der Waals surface area contributed by atoms with Gasteiger partial charge in [0.15, 0.2) is 0 Å². The molecule has 2 rings (SSSR count). The molecule has 1 aliphatic rings. The summed E-state index contributed by atoms with van der Waals surface area (Å²) in [5.74, 6) is 0.458. The Morgan fingerprint density at radius 2 is 2.22 bits per heavy atom. The second-order valence-electron chi connectivity index (χ2n) is 6.62. The van der Waals surface area contributed by atoms with E-state index in [4.69, 9.17) is 0 Å². The molecule has 0 aromatic carbocycles. The standard InChI is InChI=1S/C15H26N4O3S/c1-11(2)13-9-19(23(3,21)22)10-14(13)18-15(20)6-4-5-12-7-16-17-8-12/h7-8,11,13-14H,4-6,9-10H2,1-3H3,(H,16,17)(H,18,20)/t13-,14+/m1/s1. The van der Waals surface area contributed by atoms with Crippen LogP contribution < -0.4 is 5.32 Å². The van der Waals surface area contributed by atoms with Crippen molar-refractivity contribution in [2.45, 2.75) is 39.2 Å². The molecule has 0 aliphatic carbocycles. The molecule has 0 unspecified atom stereocenters. The highest BCUT2D eigenvalue weighted by molar-refractivity contribution is 7.88. The van der Waals surface area contributed by atoms with Gasteiger partial charge in [0.2, 0.25) is 15.9 Å². The molecule has 0 saturated carbocycles. The Balaban J connectivity index is 1.85. The van der Waals surface area contributed by atoms with Crippen LogP contribution in [0.3, 0.4) is 0 Å². The number of amides is 1. The Hall–Kier alpha value is -1.41. The number of nitrogens with one attached hydrogen (secondary N) is 2. The zero-order valence-electron chi connectivity index (χ0n) is 13.9. The fraction of sp³-hybridized carbons (Fsp3) is 0.733. The minimum Gasteiger partial charge on any atom is -0.352 e. The van der Waals surface area contributed by atoms with Crippen LogP contribution in [-0.2, 0) is 21.2 Å². The van der Waals surface area contributed by atoms with Gasteiger partial charge in [-0.15, -0.1) is 0 Å². The number of sulfonamides is 1. The van der Waals surface area contributed by atoms with Crippen LogP contribution >= 0.6 is 0 Å². The average molecular weight is 342 g/mol. The highest BCUT2D eigenvalue weighted by atomic mass is 32.2. The number of carbonyl (C=O) groups excluding carboxylic acids is 1. The zero-order chi connectivity index (χ0) is 17.0. The Kier molecular flexibility index (Phi) is 5.80. The molecule has 1 saturated heterocycles. The van der Waals surface area contributed by atoms with Crippen LogP contribution in [-0.4, -0.2) is 54.2 Å². The summed E-state index contributed by atoms with van der Waals surface area (Å²) in [6.45, 7) is 4.98. The van der Waals surface area contributed by atoms with E-state index in [1.165, 1.54) is 10.6 Å². The lowest BCUT2D eigenvalue weighted by Crippen LogP contribution is -2.42. The fourth-order valence-electron chi connectivity index (χ4n) is 3.04. The van der Waals surface area contributed by atoms with Crippen molar-refractivity contribution in [2.24, 2.45) is 11.8 Å². The van der Waals surface area contributed by atoms with Gasteiger partial charge in [0.25, 0.3) is 0 Å². The lowest BCUT2D eigenvalue weighted by molar-refractivity contribution is -0.122. The molecule has 1 amide bonds. The molecule has 2 atom stereocenters. The minimum absolute atomic E-state index is 0.0144. The van der Waals surface area contributed by atoms with Crippen LogP contribution in [0.2, 0.25) is 0 Å². The maximum Gasteiger partial charge on any atom is 0.220 e. The third kappa shape index (κ3) is 5.04. The predicted molar refractivity (Wildman–Crippen MR) is 88.2 cm³/mol. The molecule has 8 heteroatoms. The number of nitrogens with zero attached hydrogens (tertiary/aromatic N) is 2. The Morgan fingerprint density at radius 3 is 2.78 bits per heavy atom. The van der Waals surface area contributed by atoms with Crippen LogP contribution in [0.4, 0.5) is 0 Å². The summed E-state index contributed by atoms with van der Waals surface area (Å²) in [5, 5.41) is 9.65. The fourth-order valence-corrected chi connectivity index (χ4v) is 3.91. The summed E-state index contributed by atoms with van der Waals surface area (Å²) in [7, 11) is -3.21. The van der Waals surface area contributed by atoms with Crippen LogP contribution in [0.1, 0.15) is 32.3 Å². The van der Waals surface area contributed by atoms with Gasteiger partial charge < -0.3 is 5.32 Å². The highest BCUT2D eigenvalue weighted by Gasteiger charge is 2.39. The zero-order valence-corrected chi connectivity index (χ0v) is 14.8. The third-order valence-corrected chi connectivity index (χ3v) is 5.66. The summed E-state index contributed by atoms with van der Waals surface area (Å²) >= 11 is 0. The van der Waals surface area contributed by atoms with E-state index in [1.54, 1.807) is 6.20 Å². The number of carbonyl (C=O) groups is 1. The molecular formula is C15H26N4O3S. The van der Waals surface area contributed by atoms with Crippen molar-refractivity contribution >= 4 is 15.9 Å². The van der Waals surface area contributed by atoms with E-state index in [-0.39, 0.29) is 17.9 Å². The van der Waals surface area contributed by atoms with Crippen LogP contribution in [0.5, 0.6) is 0 Å². The summed E-state index contributed by atoms with van der Waals surface area (Å²) in [6.07, 6.45) is 6.80. The molecule has 1 aromatic rings. The number of aryl methyl sites for hydroxylation is 1. The average Bonchev–Trinajstić information content (AvgIpc) is 3.07. The molecule has 2 heterocycles. The molecule has 0 radical (unpaired) electrons. The SMILES string of the molecule is CC(C)[C@H]1CN(S(C)(=O)=O)C[C@@H]1NC(=O)CCCc1cn[nH]c1. The summed E-state index contributed by atoms with van der Waals surface area (Å²) in [6, 6.07) is -0.105. The van der Waals surface area contributed by atoms with E-state index < -0.39 is 10.0 Å². The summed E-state index contributed by atoms with van der Waals surface area (Å²) in [4.78, 5) is 12.1. The van der Waals surface area contributed by atoms with Gasteiger partial charge in [-0.3, -0.25) is 9.89 Å². The second kappa shape index (κ2) is 7.44. The van der Waals surface area contributed by atoms with Gasteiger partial charge in [-0.25, -0.2) is 8.42 Å². The van der Waals surface area contributed by atoms with Crippen molar-refractivity contribution in [3.05, 3.63) is 18.0 Å². The molecule has 2 N–H and O–H groups in total. The lowest BCUT2D eigenvalue weighted by atomic mass is 9.91. The Morgan fingerprint density at radius 1 is 1.48 bits per heavy atom. The largest absolute Gasteiger partial charge is 0.352 e. The highest BCUT2D eigenvalue weighted by Crippen LogP contribution is 2.26. The van der Waals surface area contributed by atoms with Gasteiger partial charge in [0.05, 0.1) is 12.5 Å². The monoisotopic (exact) mass is 342 g/mol. The molecule has 130 valence electrons. The number of rotatable bonds is 7. The van der Waals surface area contributed by atoms with Gasteiger partial charge in [0.1, 0.15) is 0 Å². The second-order valence-corrected chi connectivity index (χ2v) is 8.60. The molecule has 7 nitrogen and oxygen atoms in total. The van der Waals surface area contributed by atoms with E-state index in [2.05, 4.69) is 29.4 Å². The Labute approximate surface area is 137 Å². The van der Waals surface area contributed by atoms with Crippen molar-refractivity contribution in [1.82, 2.24) is 19.8 Å².